The van der Waals surface area contributed by atoms with Gasteiger partial charge in [0.15, 0.2) is 0 Å². The molecule has 2 aromatic rings. The van der Waals surface area contributed by atoms with Gasteiger partial charge in [-0.2, -0.15) is 0 Å². The van der Waals surface area contributed by atoms with E-state index in [9.17, 15) is 24.5 Å². The number of rotatable bonds is 7. The highest BCUT2D eigenvalue weighted by molar-refractivity contribution is 5.95. The number of nitrogens with zero attached hydrogens (tertiary/aromatic N) is 3. The van der Waals surface area contributed by atoms with Crippen LogP contribution in [0.5, 0.6) is 0 Å². The van der Waals surface area contributed by atoms with Crippen molar-refractivity contribution in [2.45, 2.75) is 51.7 Å². The number of cyclic esters (lactones) is 1. The fourth-order valence-corrected chi connectivity index (χ4v) is 5.06. The van der Waals surface area contributed by atoms with Gasteiger partial charge in [-0.15, -0.1) is 0 Å². The van der Waals surface area contributed by atoms with E-state index >= 15 is 0 Å². The summed E-state index contributed by atoms with van der Waals surface area (Å²) >= 11 is 0. The van der Waals surface area contributed by atoms with E-state index in [4.69, 9.17) is 9.47 Å². The number of benzene rings is 2. The summed E-state index contributed by atoms with van der Waals surface area (Å²) in [5.41, 5.74) is 0.858. The van der Waals surface area contributed by atoms with E-state index in [2.05, 4.69) is 0 Å². The zero-order valence-electron chi connectivity index (χ0n) is 21.9. The molecule has 10 nitrogen and oxygen atoms in total. The van der Waals surface area contributed by atoms with Gasteiger partial charge in [0, 0.05) is 31.1 Å². The maximum atomic E-state index is 14.0. The number of likely N-dealkylation sites (tertiary alicyclic amines) is 1. The first-order chi connectivity index (χ1) is 18.0. The summed E-state index contributed by atoms with van der Waals surface area (Å²) in [6.45, 7) is 6.16. The lowest BCUT2D eigenvalue weighted by molar-refractivity contribution is -0.384. The van der Waals surface area contributed by atoms with Crippen LogP contribution < -0.4 is 0 Å². The summed E-state index contributed by atoms with van der Waals surface area (Å²) in [4.78, 5) is 53.1. The quantitative estimate of drug-likeness (QED) is 0.384. The molecule has 0 aliphatic carbocycles. The van der Waals surface area contributed by atoms with E-state index in [0.29, 0.717) is 24.9 Å². The van der Waals surface area contributed by atoms with E-state index < -0.39 is 40.6 Å². The van der Waals surface area contributed by atoms with E-state index in [-0.39, 0.29) is 31.2 Å². The molecular formula is C28H33N3O7. The van der Waals surface area contributed by atoms with Crippen LogP contribution >= 0.6 is 0 Å². The summed E-state index contributed by atoms with van der Waals surface area (Å²) in [7, 11) is 0. The second-order valence-electron chi connectivity index (χ2n) is 10.8. The Bertz CT molecular complexity index is 1190. The van der Waals surface area contributed by atoms with Gasteiger partial charge < -0.3 is 14.4 Å². The minimum atomic E-state index is -0.693. The maximum Gasteiger partial charge on any atom is 0.416 e. The van der Waals surface area contributed by atoms with Gasteiger partial charge in [-0.1, -0.05) is 42.5 Å². The molecule has 4 rings (SSSR count). The van der Waals surface area contributed by atoms with E-state index in [1.807, 2.05) is 30.3 Å². The van der Waals surface area contributed by atoms with Crippen LogP contribution in [0.3, 0.4) is 0 Å². The number of hydrogen-bond donors (Lipinski definition) is 0. The minimum Gasteiger partial charge on any atom is -0.447 e. The molecule has 3 atom stereocenters. The summed E-state index contributed by atoms with van der Waals surface area (Å²) in [6.07, 6.45) is 0.0359. The largest absolute Gasteiger partial charge is 0.447 e. The Morgan fingerprint density at radius 2 is 1.84 bits per heavy atom. The number of nitro groups is 1. The number of amides is 3. The first-order valence-electron chi connectivity index (χ1n) is 12.8. The van der Waals surface area contributed by atoms with E-state index in [0.717, 1.165) is 5.56 Å². The molecule has 3 amide bonds. The van der Waals surface area contributed by atoms with Crippen LogP contribution in [0.15, 0.2) is 54.6 Å². The summed E-state index contributed by atoms with van der Waals surface area (Å²) in [5.74, 6) is -1.34. The molecule has 0 unspecified atom stereocenters. The molecule has 0 spiro atoms. The highest BCUT2D eigenvalue weighted by atomic mass is 16.6. The fraction of sp³-hybridized carbons (Fsp3) is 0.464. The molecule has 2 saturated heterocycles. The minimum absolute atomic E-state index is 0.0713. The Kier molecular flexibility index (Phi) is 7.99. The lowest BCUT2D eigenvalue weighted by atomic mass is 9.84. The Labute approximate surface area is 221 Å². The number of imide groups is 1. The third-order valence-corrected chi connectivity index (χ3v) is 6.85. The van der Waals surface area contributed by atoms with Crippen LogP contribution in [-0.4, -0.2) is 64.2 Å². The lowest BCUT2D eigenvalue weighted by Gasteiger charge is -2.29. The van der Waals surface area contributed by atoms with Crippen LogP contribution in [0.4, 0.5) is 15.3 Å². The molecule has 0 radical (unpaired) electrons. The molecule has 2 heterocycles. The van der Waals surface area contributed by atoms with Crippen molar-refractivity contribution in [3.63, 3.8) is 0 Å². The van der Waals surface area contributed by atoms with Gasteiger partial charge in [-0.25, -0.2) is 14.5 Å². The third kappa shape index (κ3) is 6.48. The van der Waals surface area contributed by atoms with Crippen molar-refractivity contribution in [2.24, 2.45) is 11.8 Å². The van der Waals surface area contributed by atoms with E-state index in [1.165, 1.54) is 17.0 Å². The number of carbonyl (C=O) groups is 3. The molecule has 2 aliphatic rings. The van der Waals surface area contributed by atoms with Crippen molar-refractivity contribution >= 4 is 23.8 Å². The molecule has 2 fully saturated rings. The molecule has 2 aromatic carbocycles. The van der Waals surface area contributed by atoms with Crippen molar-refractivity contribution in [1.29, 1.82) is 0 Å². The molecular weight excluding hydrogens is 490 g/mol. The summed E-state index contributed by atoms with van der Waals surface area (Å²) in [6, 6.07) is 15.3. The number of non-ortho nitro benzene ring substituents is 1. The van der Waals surface area contributed by atoms with Gasteiger partial charge in [-0.05, 0) is 57.1 Å². The summed E-state index contributed by atoms with van der Waals surface area (Å²) in [5, 5.41) is 11.3. The highest BCUT2D eigenvalue weighted by Gasteiger charge is 2.45. The van der Waals surface area contributed by atoms with Crippen LogP contribution in [0.2, 0.25) is 0 Å². The predicted molar refractivity (Wildman–Crippen MR) is 138 cm³/mol. The zero-order chi connectivity index (χ0) is 27.4. The van der Waals surface area contributed by atoms with Crippen molar-refractivity contribution in [3.8, 4) is 0 Å². The fourth-order valence-electron chi connectivity index (χ4n) is 5.06. The maximum absolute atomic E-state index is 14.0. The lowest BCUT2D eigenvalue weighted by Crippen LogP contribution is -2.46. The molecule has 2 aliphatic heterocycles. The van der Waals surface area contributed by atoms with Gasteiger partial charge in [-0.3, -0.25) is 14.9 Å². The average Bonchev–Trinajstić information content (AvgIpc) is 3.49. The van der Waals surface area contributed by atoms with Gasteiger partial charge in [0.25, 0.3) is 5.69 Å². The summed E-state index contributed by atoms with van der Waals surface area (Å²) < 4.78 is 10.8. The molecule has 0 aromatic heterocycles. The Morgan fingerprint density at radius 1 is 1.13 bits per heavy atom. The smallest absolute Gasteiger partial charge is 0.416 e. The molecule has 38 heavy (non-hydrogen) atoms. The molecule has 0 N–H and O–H groups in total. The van der Waals surface area contributed by atoms with Crippen molar-refractivity contribution in [1.82, 2.24) is 9.80 Å². The second kappa shape index (κ2) is 11.2. The number of hydrogen-bond acceptors (Lipinski definition) is 7. The Hall–Kier alpha value is -3.95. The van der Waals surface area contributed by atoms with Gasteiger partial charge in [0.2, 0.25) is 5.91 Å². The third-order valence-electron chi connectivity index (χ3n) is 6.85. The second-order valence-corrected chi connectivity index (χ2v) is 10.8. The normalized spacial score (nSPS) is 20.2. The number of ether oxygens (including phenoxy) is 2. The number of carbonyl (C=O) groups excluding carboxylic acids is 3. The van der Waals surface area contributed by atoms with Crippen molar-refractivity contribution in [2.75, 3.05) is 19.7 Å². The SMILES string of the molecule is CC(C)(C)OC(=O)N1CC[C@H]([C@H](Cc2cccc([N+](=O)[O-])c2)C(=O)N2C(=O)OC[C@@H]2Cc2ccccc2)C1. The standard InChI is InChI=1S/C28H33N3O7/c1-28(2,3)38-26(33)29-13-12-21(17-29)24(16-20-10-7-11-22(15-20)31(35)36)25(32)30-23(18-37-27(30)34)14-19-8-5-4-6-9-19/h4-11,15,21,23-24H,12-14,16-18H2,1-3H3/t21-,23-,24-/m0/s1. The van der Waals surface area contributed by atoms with Crippen LogP contribution in [0.25, 0.3) is 0 Å². The molecule has 0 saturated carbocycles. The predicted octanol–water partition coefficient (Wildman–Crippen LogP) is 4.60. The first-order valence-corrected chi connectivity index (χ1v) is 12.8. The van der Waals surface area contributed by atoms with E-state index in [1.54, 1.807) is 37.8 Å². The van der Waals surface area contributed by atoms with Crippen LogP contribution in [0.1, 0.15) is 38.3 Å². The van der Waals surface area contributed by atoms with Crippen LogP contribution in [-0.2, 0) is 27.1 Å². The molecule has 0 bridgehead atoms. The van der Waals surface area contributed by atoms with Gasteiger partial charge in [0.05, 0.1) is 11.0 Å². The zero-order valence-corrected chi connectivity index (χ0v) is 21.9. The molecule has 10 heteroatoms. The van der Waals surface area contributed by atoms with Crippen molar-refractivity contribution in [3.05, 3.63) is 75.8 Å². The Morgan fingerprint density at radius 3 is 2.53 bits per heavy atom. The molecule has 202 valence electrons. The van der Waals surface area contributed by atoms with Gasteiger partial charge in [0.1, 0.15) is 12.2 Å². The number of nitro benzene ring substituents is 1. The topological polar surface area (TPSA) is 119 Å². The average molecular weight is 524 g/mol. The van der Waals surface area contributed by atoms with Crippen molar-refractivity contribution < 1.29 is 28.8 Å². The highest BCUT2D eigenvalue weighted by Crippen LogP contribution is 2.32. The monoisotopic (exact) mass is 523 g/mol. The first kappa shape index (κ1) is 27.1. The van der Waals surface area contributed by atoms with Crippen LogP contribution in [0, 0.1) is 22.0 Å². The Balaban J connectivity index is 1.59. The van der Waals surface area contributed by atoms with Gasteiger partial charge >= 0.3 is 12.2 Å².